The number of carbonyl (C=O) groups excluding carboxylic acids is 1. The molecule has 0 bridgehead atoms. The Balaban J connectivity index is 3.21. The highest BCUT2D eigenvalue weighted by molar-refractivity contribution is 5.13. The van der Waals surface area contributed by atoms with Crippen molar-refractivity contribution in [3.05, 3.63) is 6.29 Å². The van der Waals surface area contributed by atoms with Gasteiger partial charge in [-0.15, -0.1) is 0 Å². The van der Waals surface area contributed by atoms with Crippen molar-refractivity contribution < 1.29 is 9.16 Å². The molecule has 0 N–H and O–H groups in total. The second kappa shape index (κ2) is 4.65. The molecule has 0 rings (SSSR count). The fourth-order valence-electron chi connectivity index (χ4n) is 0.437. The van der Waals surface area contributed by atoms with E-state index in [0.29, 0.717) is 6.29 Å². The van der Waals surface area contributed by atoms with Crippen molar-refractivity contribution >= 4 is 6.79 Å². The molecule has 0 fully saturated rings. The van der Waals surface area contributed by atoms with Gasteiger partial charge in [-0.2, -0.15) is 0 Å². The fourth-order valence-corrected chi connectivity index (χ4v) is 0.437. The first kappa shape index (κ1) is 7.50. The van der Waals surface area contributed by atoms with Crippen LogP contribution in [0.1, 0.15) is 19.8 Å². The molecule has 0 aliphatic heterocycles. The molecule has 0 unspecified atom stereocenters. The van der Waals surface area contributed by atoms with Gasteiger partial charge >= 0.3 is 0 Å². The van der Waals surface area contributed by atoms with Gasteiger partial charge in [0.2, 0.25) is 0 Å². The number of hydrogen-bond acceptors (Lipinski definition) is 1. The highest BCUT2D eigenvalue weighted by atomic mass is 16.6. The van der Waals surface area contributed by atoms with Crippen molar-refractivity contribution in [1.29, 1.82) is 0 Å². The smallest absolute Gasteiger partial charge is 0.290 e. The van der Waals surface area contributed by atoms with Crippen molar-refractivity contribution in [2.24, 2.45) is 0 Å². The van der Waals surface area contributed by atoms with Crippen LogP contribution in [-0.4, -0.2) is 13.9 Å². The lowest BCUT2D eigenvalue weighted by Crippen LogP contribution is -1.98. The Labute approximate surface area is 50.2 Å². The zero-order valence-corrected chi connectivity index (χ0v) is 5.44. The predicted octanol–water partition coefficient (Wildman–Crippen LogP) is 1.29. The Hall–Kier alpha value is -0.500. The Bertz CT molecular complexity index is 61.5. The first-order chi connectivity index (χ1) is 3.85. The van der Waals surface area contributed by atoms with Crippen LogP contribution in [-0.2, 0) is 9.16 Å². The van der Waals surface area contributed by atoms with Gasteiger partial charge in [-0.05, 0) is 0 Å². The van der Waals surface area contributed by atoms with E-state index in [4.69, 9.17) is 4.74 Å². The SMILES string of the molecule is C=[O+][C-](CCC)OC. The zero-order chi connectivity index (χ0) is 6.41. The van der Waals surface area contributed by atoms with Crippen molar-refractivity contribution in [3.63, 3.8) is 0 Å². The Morgan fingerprint density at radius 1 is 1.75 bits per heavy atom. The quantitative estimate of drug-likeness (QED) is 0.400. The number of hydrogen-bond donors (Lipinski definition) is 0. The molecule has 0 amide bonds. The van der Waals surface area contributed by atoms with Gasteiger partial charge in [-0.25, -0.2) is 0 Å². The lowest BCUT2D eigenvalue weighted by atomic mass is 10.3. The van der Waals surface area contributed by atoms with Gasteiger partial charge in [0.15, 0.2) is 0 Å². The summed E-state index contributed by atoms with van der Waals surface area (Å²) in [7, 11) is 1.58. The normalized spacial score (nSPS) is 8.75. The lowest BCUT2D eigenvalue weighted by Gasteiger charge is -2.02. The average Bonchev–Trinajstić information content (AvgIpc) is 1.83. The standard InChI is InChI=1S/C6H12O2/c1-4-5-6(7-2)8-3/h2,4-5H2,1,3H3. The van der Waals surface area contributed by atoms with Crippen molar-refractivity contribution in [2.45, 2.75) is 19.8 Å². The van der Waals surface area contributed by atoms with Gasteiger partial charge in [0.05, 0.1) is 0 Å². The van der Waals surface area contributed by atoms with Gasteiger partial charge in [0.25, 0.3) is 6.29 Å². The molecular weight excluding hydrogens is 104 g/mol. The zero-order valence-electron chi connectivity index (χ0n) is 5.44. The largest absolute Gasteiger partial charge is 0.376 e. The summed E-state index contributed by atoms with van der Waals surface area (Å²) in [5.74, 6) is 0. The van der Waals surface area contributed by atoms with Crippen LogP contribution >= 0.6 is 0 Å². The molecule has 0 aliphatic carbocycles. The van der Waals surface area contributed by atoms with E-state index in [9.17, 15) is 0 Å². The van der Waals surface area contributed by atoms with Crippen LogP contribution in [0.15, 0.2) is 0 Å². The fraction of sp³-hybridized carbons (Fsp3) is 0.667. The van der Waals surface area contributed by atoms with Gasteiger partial charge in [0.1, 0.15) is 6.79 Å². The summed E-state index contributed by atoms with van der Waals surface area (Å²) in [5, 5.41) is 0. The van der Waals surface area contributed by atoms with E-state index in [1.54, 1.807) is 7.11 Å². The monoisotopic (exact) mass is 116 g/mol. The molecule has 0 spiro atoms. The van der Waals surface area contributed by atoms with Crippen LogP contribution in [0.3, 0.4) is 0 Å². The molecule has 0 aromatic rings. The van der Waals surface area contributed by atoms with Gasteiger partial charge in [0, 0.05) is 13.5 Å². The maximum atomic E-state index is 4.77. The van der Waals surface area contributed by atoms with E-state index in [2.05, 4.69) is 18.1 Å². The van der Waals surface area contributed by atoms with Gasteiger partial charge in [-0.1, -0.05) is 13.3 Å². The minimum atomic E-state index is 0.604. The molecule has 2 nitrogen and oxygen atoms in total. The van der Waals surface area contributed by atoms with Crippen LogP contribution in [0.2, 0.25) is 0 Å². The second-order valence-electron chi connectivity index (χ2n) is 1.47. The maximum absolute atomic E-state index is 4.77. The number of ether oxygens (including phenoxy) is 1. The van der Waals surface area contributed by atoms with Crippen molar-refractivity contribution in [3.8, 4) is 0 Å². The Morgan fingerprint density at radius 2 is 2.38 bits per heavy atom. The first-order valence-corrected chi connectivity index (χ1v) is 2.67. The van der Waals surface area contributed by atoms with Crippen LogP contribution in [0.4, 0.5) is 0 Å². The first-order valence-electron chi connectivity index (χ1n) is 2.67. The number of rotatable bonds is 4. The molecule has 48 valence electrons. The van der Waals surface area contributed by atoms with Crippen LogP contribution in [0.25, 0.3) is 0 Å². The number of methoxy groups -OCH3 is 1. The van der Waals surface area contributed by atoms with Crippen LogP contribution in [0.5, 0.6) is 0 Å². The highest BCUT2D eigenvalue weighted by Crippen LogP contribution is 2.05. The summed E-state index contributed by atoms with van der Waals surface area (Å²) in [6.07, 6.45) is 2.46. The molecule has 0 aliphatic rings. The Kier molecular flexibility index (Phi) is 4.36. The minimum absolute atomic E-state index is 0.604. The topological polar surface area (TPSA) is 20.5 Å². The lowest BCUT2D eigenvalue weighted by molar-refractivity contribution is -0.483. The Morgan fingerprint density at radius 3 is 2.50 bits per heavy atom. The van der Waals surface area contributed by atoms with E-state index in [1.807, 2.05) is 0 Å². The maximum Gasteiger partial charge on any atom is 0.290 e. The summed E-state index contributed by atoms with van der Waals surface area (Å²) < 4.78 is 9.36. The highest BCUT2D eigenvalue weighted by Gasteiger charge is 2.02. The van der Waals surface area contributed by atoms with Crippen molar-refractivity contribution in [1.82, 2.24) is 0 Å². The van der Waals surface area contributed by atoms with E-state index in [-0.39, 0.29) is 0 Å². The van der Waals surface area contributed by atoms with E-state index in [0.717, 1.165) is 12.8 Å². The molecule has 0 heterocycles. The molecule has 8 heavy (non-hydrogen) atoms. The third-order valence-corrected chi connectivity index (χ3v) is 0.843. The third kappa shape index (κ3) is 2.64. The predicted molar refractivity (Wildman–Crippen MR) is 32.3 cm³/mol. The molecule has 0 radical (unpaired) electrons. The van der Waals surface area contributed by atoms with Gasteiger partial charge < -0.3 is 9.16 Å². The molecular formula is C6H12O2. The molecule has 0 saturated carbocycles. The third-order valence-electron chi connectivity index (χ3n) is 0.843. The van der Waals surface area contributed by atoms with E-state index >= 15 is 0 Å². The summed E-state index contributed by atoms with van der Waals surface area (Å²) in [6, 6.07) is 0. The molecule has 0 aromatic heterocycles. The summed E-state index contributed by atoms with van der Waals surface area (Å²) in [4.78, 5) is 0. The summed E-state index contributed by atoms with van der Waals surface area (Å²) in [6.45, 7) is 5.27. The molecule has 2 heteroatoms. The summed E-state index contributed by atoms with van der Waals surface area (Å²) >= 11 is 0. The van der Waals surface area contributed by atoms with Gasteiger partial charge in [-0.3, -0.25) is 0 Å². The van der Waals surface area contributed by atoms with E-state index < -0.39 is 0 Å². The van der Waals surface area contributed by atoms with E-state index in [1.165, 1.54) is 0 Å². The summed E-state index contributed by atoms with van der Waals surface area (Å²) in [5.41, 5.74) is 0. The molecule has 0 saturated heterocycles. The minimum Gasteiger partial charge on any atom is -0.376 e. The average molecular weight is 116 g/mol. The van der Waals surface area contributed by atoms with Crippen molar-refractivity contribution in [2.75, 3.05) is 7.11 Å². The molecule has 0 atom stereocenters. The van der Waals surface area contributed by atoms with Crippen LogP contribution in [0, 0.1) is 6.29 Å². The second-order valence-corrected chi connectivity index (χ2v) is 1.47. The molecule has 0 aromatic carbocycles. The van der Waals surface area contributed by atoms with Crippen LogP contribution < -0.4 is 0 Å².